The van der Waals surface area contributed by atoms with E-state index in [1.807, 2.05) is 11.8 Å². The molecule has 190 valence electrons. The molecule has 2 aromatic carbocycles. The van der Waals surface area contributed by atoms with E-state index < -0.39 is 0 Å². The van der Waals surface area contributed by atoms with Crippen molar-refractivity contribution in [1.82, 2.24) is 24.6 Å². The van der Waals surface area contributed by atoms with Gasteiger partial charge in [0.1, 0.15) is 17.5 Å². The van der Waals surface area contributed by atoms with Crippen molar-refractivity contribution in [2.24, 2.45) is 5.92 Å². The Hall–Kier alpha value is -3.81. The number of hydrogen-bond donors (Lipinski definition) is 0. The molecule has 37 heavy (non-hydrogen) atoms. The summed E-state index contributed by atoms with van der Waals surface area (Å²) in [4.78, 5) is 27.1. The fraction of sp³-hybridized carbons (Fsp3) is 0.379. The maximum atomic E-state index is 13.7. The predicted molar refractivity (Wildman–Crippen MR) is 141 cm³/mol. The number of amides is 1. The van der Waals surface area contributed by atoms with Crippen LogP contribution < -0.4 is 4.90 Å². The summed E-state index contributed by atoms with van der Waals surface area (Å²) in [6, 6.07) is 14.7. The quantitative estimate of drug-likeness (QED) is 0.402. The molecule has 0 unspecified atom stereocenters. The molecule has 1 saturated carbocycles. The second-order valence-corrected chi connectivity index (χ2v) is 10.2. The Balaban J connectivity index is 1.42. The first-order chi connectivity index (χ1) is 18.0. The molecule has 7 nitrogen and oxygen atoms in total. The minimum absolute atomic E-state index is 0.231. The Morgan fingerprint density at radius 1 is 0.946 bits per heavy atom. The molecule has 0 N–H and O–H groups in total. The lowest BCUT2D eigenvalue weighted by Gasteiger charge is -2.24. The summed E-state index contributed by atoms with van der Waals surface area (Å²) in [6.07, 6.45) is 3.53. The van der Waals surface area contributed by atoms with Gasteiger partial charge in [0, 0.05) is 38.5 Å². The Morgan fingerprint density at radius 2 is 1.70 bits per heavy atom. The molecule has 0 bridgehead atoms. The first-order valence-corrected chi connectivity index (χ1v) is 13.1. The zero-order valence-electron chi connectivity index (χ0n) is 21.3. The Morgan fingerprint density at radius 3 is 2.43 bits per heavy atom. The van der Waals surface area contributed by atoms with Crippen LogP contribution >= 0.6 is 0 Å². The molecule has 0 radical (unpaired) electrons. The lowest BCUT2D eigenvalue weighted by molar-refractivity contribution is -0.132. The Bertz CT molecular complexity index is 1440. The number of aromatic nitrogens is 4. The maximum Gasteiger partial charge on any atom is 0.225 e. The summed E-state index contributed by atoms with van der Waals surface area (Å²) in [5, 5.41) is 5.71. The van der Waals surface area contributed by atoms with Crippen LogP contribution in [-0.4, -0.2) is 56.7 Å². The van der Waals surface area contributed by atoms with Gasteiger partial charge in [-0.25, -0.2) is 19.0 Å². The fourth-order valence-corrected chi connectivity index (χ4v) is 5.10. The highest BCUT2D eigenvalue weighted by molar-refractivity contribution is 5.91. The molecule has 0 atom stereocenters. The molecule has 2 aromatic heterocycles. The van der Waals surface area contributed by atoms with Crippen molar-refractivity contribution in [2.45, 2.75) is 39.5 Å². The van der Waals surface area contributed by atoms with E-state index in [1.165, 1.54) is 17.7 Å². The predicted octanol–water partition coefficient (Wildman–Crippen LogP) is 4.61. The van der Waals surface area contributed by atoms with Gasteiger partial charge in [-0.1, -0.05) is 29.8 Å². The van der Waals surface area contributed by atoms with E-state index in [0.717, 1.165) is 67.0 Å². The molecule has 3 heterocycles. The second-order valence-electron chi connectivity index (χ2n) is 10.2. The van der Waals surface area contributed by atoms with Gasteiger partial charge in [0.05, 0.1) is 16.8 Å². The second kappa shape index (κ2) is 9.57. The molecule has 8 heteroatoms. The van der Waals surface area contributed by atoms with Gasteiger partial charge in [0.2, 0.25) is 5.91 Å². The Kier molecular flexibility index (Phi) is 6.10. The SMILES string of the molecule is Cc1ccc(Cc2nc(N3CCCN(C(=O)C4CC4)CC3)c3c(C)nn(-c4ccc(F)cc4)c3n2)cc1. The minimum Gasteiger partial charge on any atom is -0.354 e. The van der Waals surface area contributed by atoms with Crippen LogP contribution in [0.25, 0.3) is 16.7 Å². The molecule has 1 amide bonds. The van der Waals surface area contributed by atoms with Gasteiger partial charge in [-0.3, -0.25) is 4.79 Å². The third-order valence-corrected chi connectivity index (χ3v) is 7.32. The molecular weight excluding hydrogens is 467 g/mol. The van der Waals surface area contributed by atoms with Crippen molar-refractivity contribution >= 4 is 22.8 Å². The molecule has 4 aromatic rings. The van der Waals surface area contributed by atoms with Crippen LogP contribution in [0.2, 0.25) is 0 Å². The summed E-state index contributed by atoms with van der Waals surface area (Å²) < 4.78 is 15.4. The monoisotopic (exact) mass is 498 g/mol. The van der Waals surface area contributed by atoms with Crippen LogP contribution in [0.1, 0.15) is 41.9 Å². The van der Waals surface area contributed by atoms with E-state index in [4.69, 9.17) is 15.1 Å². The van der Waals surface area contributed by atoms with Gasteiger partial charge < -0.3 is 9.80 Å². The van der Waals surface area contributed by atoms with E-state index in [9.17, 15) is 9.18 Å². The van der Waals surface area contributed by atoms with E-state index in [-0.39, 0.29) is 11.7 Å². The highest BCUT2D eigenvalue weighted by Gasteiger charge is 2.34. The van der Waals surface area contributed by atoms with Gasteiger partial charge in [-0.15, -0.1) is 0 Å². The largest absolute Gasteiger partial charge is 0.354 e. The molecule has 2 aliphatic rings. The van der Waals surface area contributed by atoms with Crippen LogP contribution in [-0.2, 0) is 11.2 Å². The van der Waals surface area contributed by atoms with Crippen molar-refractivity contribution < 1.29 is 9.18 Å². The van der Waals surface area contributed by atoms with Crippen LogP contribution in [0, 0.1) is 25.6 Å². The first kappa shape index (κ1) is 23.6. The lowest BCUT2D eigenvalue weighted by atomic mass is 10.1. The van der Waals surface area contributed by atoms with Gasteiger partial charge in [0.25, 0.3) is 0 Å². The van der Waals surface area contributed by atoms with E-state index >= 15 is 0 Å². The summed E-state index contributed by atoms with van der Waals surface area (Å²) in [5.41, 5.74) is 4.64. The summed E-state index contributed by atoms with van der Waals surface area (Å²) >= 11 is 0. The number of aryl methyl sites for hydroxylation is 2. The third-order valence-electron chi connectivity index (χ3n) is 7.32. The van der Waals surface area contributed by atoms with E-state index in [0.29, 0.717) is 30.3 Å². The number of carbonyl (C=O) groups excluding carboxylic acids is 1. The van der Waals surface area contributed by atoms with Crippen molar-refractivity contribution in [1.29, 1.82) is 0 Å². The summed E-state index contributed by atoms with van der Waals surface area (Å²) in [7, 11) is 0. The number of fused-ring (bicyclic) bond motifs is 1. The number of rotatable bonds is 5. The summed E-state index contributed by atoms with van der Waals surface area (Å²) in [6.45, 7) is 7.05. The van der Waals surface area contributed by atoms with Crippen LogP contribution in [0.4, 0.5) is 10.2 Å². The van der Waals surface area contributed by atoms with Crippen molar-refractivity contribution in [2.75, 3.05) is 31.1 Å². The average Bonchev–Trinajstić information content (AvgIpc) is 3.72. The van der Waals surface area contributed by atoms with Crippen LogP contribution in [0.15, 0.2) is 48.5 Å². The average molecular weight is 499 g/mol. The molecule has 2 fully saturated rings. The fourth-order valence-electron chi connectivity index (χ4n) is 5.10. The molecular formula is C29H31FN6O. The Labute approximate surface area is 215 Å². The topological polar surface area (TPSA) is 67.2 Å². The van der Waals surface area contributed by atoms with Gasteiger partial charge in [0.15, 0.2) is 5.65 Å². The number of hydrogen-bond acceptors (Lipinski definition) is 5. The number of anilines is 1. The molecule has 1 aliphatic carbocycles. The molecule has 0 spiro atoms. The van der Waals surface area contributed by atoms with Gasteiger partial charge >= 0.3 is 0 Å². The smallest absolute Gasteiger partial charge is 0.225 e. The lowest BCUT2D eigenvalue weighted by Crippen LogP contribution is -2.36. The third kappa shape index (κ3) is 4.80. The number of halogens is 1. The van der Waals surface area contributed by atoms with Crippen molar-refractivity contribution in [3.63, 3.8) is 0 Å². The highest BCUT2D eigenvalue weighted by Crippen LogP contribution is 2.33. The zero-order chi connectivity index (χ0) is 25.5. The zero-order valence-corrected chi connectivity index (χ0v) is 21.3. The molecule has 1 aliphatic heterocycles. The normalized spacial score (nSPS) is 16.3. The van der Waals surface area contributed by atoms with Crippen LogP contribution in [0.5, 0.6) is 0 Å². The minimum atomic E-state index is -0.290. The van der Waals surface area contributed by atoms with E-state index in [2.05, 4.69) is 36.1 Å². The summed E-state index contributed by atoms with van der Waals surface area (Å²) in [5.74, 6) is 1.82. The standard InChI is InChI=1S/C29H31FN6O/c1-19-4-6-21(7-5-19)18-25-31-27(34-14-3-15-35(17-16-34)29(37)22-8-9-22)26-20(2)33-36(28(26)32-25)24-12-10-23(30)11-13-24/h4-7,10-13,22H,3,8-9,14-18H2,1-2H3. The van der Waals surface area contributed by atoms with Crippen LogP contribution in [0.3, 0.4) is 0 Å². The number of benzene rings is 2. The van der Waals surface area contributed by atoms with Gasteiger partial charge in [-0.2, -0.15) is 5.10 Å². The number of nitrogens with zero attached hydrogens (tertiary/aromatic N) is 6. The maximum absolute atomic E-state index is 13.7. The van der Waals surface area contributed by atoms with E-state index in [1.54, 1.807) is 16.8 Å². The highest BCUT2D eigenvalue weighted by atomic mass is 19.1. The van der Waals surface area contributed by atoms with Gasteiger partial charge in [-0.05, 0) is 62.9 Å². The van der Waals surface area contributed by atoms with Crippen molar-refractivity contribution in [3.8, 4) is 5.69 Å². The molecule has 6 rings (SSSR count). The first-order valence-electron chi connectivity index (χ1n) is 13.1. The number of carbonyl (C=O) groups is 1. The molecule has 1 saturated heterocycles. The van der Waals surface area contributed by atoms with Crippen molar-refractivity contribution in [3.05, 3.63) is 77.0 Å².